The smallest absolute Gasteiger partial charge is 0.367 e. The topological polar surface area (TPSA) is 52.6 Å². The lowest BCUT2D eigenvalue weighted by Crippen LogP contribution is -2.24. The Kier molecular flexibility index (Phi) is 6.13. The van der Waals surface area contributed by atoms with Crippen molar-refractivity contribution in [3.05, 3.63) is 46.8 Å². The number of rotatable bonds is 6. The highest BCUT2D eigenvalue weighted by molar-refractivity contribution is 5.87. The molecule has 2 aliphatic carbocycles. The normalized spacial score (nSPS) is 24.9. The number of allylic oxidation sites excluding steroid dienone is 1. The number of aryl methyl sites for hydroxylation is 1. The van der Waals surface area contributed by atoms with Crippen molar-refractivity contribution in [2.45, 2.75) is 78.9 Å². The van der Waals surface area contributed by atoms with Gasteiger partial charge < -0.3 is 9.47 Å². The zero-order chi connectivity index (χ0) is 22.3. The van der Waals surface area contributed by atoms with E-state index in [1.54, 1.807) is 20.8 Å². The van der Waals surface area contributed by atoms with Crippen molar-refractivity contribution >= 4 is 11.9 Å². The number of hydrogen-bond donors (Lipinski definition) is 0. The van der Waals surface area contributed by atoms with Gasteiger partial charge in [0.15, 0.2) is 0 Å². The average Bonchev–Trinajstić information content (AvgIpc) is 2.96. The van der Waals surface area contributed by atoms with Gasteiger partial charge in [0.1, 0.15) is 11.7 Å². The highest BCUT2D eigenvalue weighted by Gasteiger charge is 2.62. The van der Waals surface area contributed by atoms with Crippen molar-refractivity contribution in [2.75, 3.05) is 0 Å². The Bertz CT molecular complexity index is 862. The van der Waals surface area contributed by atoms with E-state index in [1.807, 2.05) is 26.0 Å². The zero-order valence-corrected chi connectivity index (χ0v) is 18.9. The summed E-state index contributed by atoms with van der Waals surface area (Å²) in [7, 11) is 0. The third kappa shape index (κ3) is 4.60. The number of fused-ring (bicyclic) bond motifs is 1. The van der Waals surface area contributed by atoms with Crippen molar-refractivity contribution in [1.29, 1.82) is 0 Å². The molecule has 0 bridgehead atoms. The van der Waals surface area contributed by atoms with Crippen molar-refractivity contribution in [3.8, 4) is 0 Å². The molecule has 4 nitrogen and oxygen atoms in total. The summed E-state index contributed by atoms with van der Waals surface area (Å²) in [4.78, 5) is 24.8. The van der Waals surface area contributed by atoms with Crippen molar-refractivity contribution in [2.24, 2.45) is 17.3 Å². The molecule has 0 aliphatic heterocycles. The van der Waals surface area contributed by atoms with Crippen LogP contribution in [-0.4, -0.2) is 17.5 Å². The van der Waals surface area contributed by atoms with E-state index in [2.05, 4.69) is 13.0 Å². The molecule has 1 fully saturated rings. The molecule has 3 rings (SSSR count). The van der Waals surface area contributed by atoms with Crippen LogP contribution in [0, 0.1) is 17.3 Å². The lowest BCUT2D eigenvalue weighted by atomic mass is 9.99. The fourth-order valence-corrected chi connectivity index (χ4v) is 4.52. The van der Waals surface area contributed by atoms with Crippen molar-refractivity contribution in [3.63, 3.8) is 0 Å². The highest BCUT2D eigenvalue weighted by Crippen LogP contribution is 2.60. The molecule has 164 valence electrons. The fraction of sp³-hybridized carbons (Fsp3) is 0.600. The van der Waals surface area contributed by atoms with Crippen LogP contribution in [0.25, 0.3) is 0 Å². The number of esters is 2. The number of benzene rings is 1. The standard InChI is InChI=1S/C25H33FO4/c1-7-9-15-10-8-11-17-16(15)12-13-20(17)29-23(28)21-18(25(21,5)6)14-19(26)22(27)30-24(2,3)4/h8,10-11,14,18,20-21H,7,9,12-13H2,1-6H3/t18-,20?,21-/m0/s1. The summed E-state index contributed by atoms with van der Waals surface area (Å²) in [6.07, 6.45) is 4.77. The lowest BCUT2D eigenvalue weighted by molar-refractivity contribution is -0.153. The van der Waals surface area contributed by atoms with E-state index in [4.69, 9.17) is 9.47 Å². The van der Waals surface area contributed by atoms with Crippen LogP contribution in [0.5, 0.6) is 0 Å². The van der Waals surface area contributed by atoms with Gasteiger partial charge in [0.05, 0.1) is 5.92 Å². The van der Waals surface area contributed by atoms with E-state index in [-0.39, 0.29) is 18.0 Å². The minimum atomic E-state index is -0.995. The Morgan fingerprint density at radius 3 is 2.60 bits per heavy atom. The van der Waals surface area contributed by atoms with Crippen molar-refractivity contribution < 1.29 is 23.5 Å². The number of hydrogen-bond acceptors (Lipinski definition) is 4. The second-order valence-corrected chi connectivity index (χ2v) is 10.0. The Morgan fingerprint density at radius 2 is 1.97 bits per heavy atom. The van der Waals surface area contributed by atoms with Gasteiger partial charge in [-0.1, -0.05) is 45.4 Å². The molecule has 0 N–H and O–H groups in total. The van der Waals surface area contributed by atoms with Gasteiger partial charge in [0, 0.05) is 0 Å². The van der Waals surface area contributed by atoms with Crippen LogP contribution in [0.2, 0.25) is 0 Å². The second-order valence-electron chi connectivity index (χ2n) is 10.0. The van der Waals surface area contributed by atoms with Crippen LogP contribution in [-0.2, 0) is 31.9 Å². The minimum Gasteiger partial charge on any atom is -0.457 e. The van der Waals surface area contributed by atoms with Gasteiger partial charge in [0.25, 0.3) is 0 Å². The Hall–Kier alpha value is -2.17. The van der Waals surface area contributed by atoms with E-state index in [1.165, 1.54) is 17.2 Å². The van der Waals surface area contributed by atoms with Crippen LogP contribution in [0.3, 0.4) is 0 Å². The van der Waals surface area contributed by atoms with Crippen molar-refractivity contribution in [1.82, 2.24) is 0 Å². The SMILES string of the molecule is CCCc1cccc2c1CCC2OC(=O)[C@@H]1[C@H](C=C(F)C(=O)OC(C)(C)C)C1(C)C. The largest absolute Gasteiger partial charge is 0.457 e. The molecule has 0 aromatic heterocycles. The monoisotopic (exact) mass is 416 g/mol. The maximum atomic E-state index is 14.4. The van der Waals surface area contributed by atoms with E-state index >= 15 is 0 Å². The second kappa shape index (κ2) is 8.16. The Balaban J connectivity index is 1.68. The molecule has 1 aromatic rings. The summed E-state index contributed by atoms with van der Waals surface area (Å²) < 4.78 is 25.3. The third-order valence-corrected chi connectivity index (χ3v) is 6.17. The predicted octanol–water partition coefficient (Wildman–Crippen LogP) is 5.64. The molecule has 30 heavy (non-hydrogen) atoms. The minimum absolute atomic E-state index is 0.249. The number of halogens is 1. The molecule has 1 aromatic carbocycles. The molecule has 1 saturated carbocycles. The zero-order valence-electron chi connectivity index (χ0n) is 18.9. The summed E-state index contributed by atoms with van der Waals surface area (Å²) >= 11 is 0. The molecular formula is C25H33FO4. The van der Waals surface area contributed by atoms with Crippen LogP contribution in [0.1, 0.15) is 77.2 Å². The summed E-state index contributed by atoms with van der Waals surface area (Å²) in [6, 6.07) is 6.21. The first kappa shape index (κ1) is 22.5. The number of carbonyl (C=O) groups excluding carboxylic acids is 2. The van der Waals surface area contributed by atoms with Gasteiger partial charge >= 0.3 is 11.9 Å². The first-order chi connectivity index (χ1) is 14.0. The van der Waals surface area contributed by atoms with Gasteiger partial charge in [-0.2, -0.15) is 4.39 Å². The molecule has 0 amide bonds. The molecular weight excluding hydrogens is 383 g/mol. The highest BCUT2D eigenvalue weighted by atomic mass is 19.1. The quantitative estimate of drug-likeness (QED) is 0.445. The van der Waals surface area contributed by atoms with Gasteiger partial charge in [-0.25, -0.2) is 4.79 Å². The van der Waals surface area contributed by atoms with Crippen LogP contribution < -0.4 is 0 Å². The average molecular weight is 417 g/mol. The molecule has 3 atom stereocenters. The summed E-state index contributed by atoms with van der Waals surface area (Å²) in [6.45, 7) is 11.0. The predicted molar refractivity (Wildman–Crippen MR) is 113 cm³/mol. The Morgan fingerprint density at radius 1 is 1.27 bits per heavy atom. The first-order valence-corrected chi connectivity index (χ1v) is 10.9. The molecule has 2 aliphatic rings. The van der Waals surface area contributed by atoms with E-state index < -0.39 is 28.7 Å². The van der Waals surface area contributed by atoms with Gasteiger partial charge in [-0.15, -0.1) is 0 Å². The van der Waals surface area contributed by atoms with E-state index in [0.29, 0.717) is 0 Å². The summed E-state index contributed by atoms with van der Waals surface area (Å²) in [5.41, 5.74) is 2.51. The first-order valence-electron chi connectivity index (χ1n) is 10.9. The van der Waals surface area contributed by atoms with E-state index in [9.17, 15) is 14.0 Å². The maximum Gasteiger partial charge on any atom is 0.367 e. The van der Waals surface area contributed by atoms with Gasteiger partial charge in [-0.3, -0.25) is 4.79 Å². The number of carbonyl (C=O) groups is 2. The number of ether oxygens (including phenoxy) is 2. The van der Waals surface area contributed by atoms with E-state index in [0.717, 1.165) is 31.2 Å². The summed E-state index contributed by atoms with van der Waals surface area (Å²) in [5.74, 6) is -3.12. The molecule has 0 heterocycles. The van der Waals surface area contributed by atoms with Crippen LogP contribution in [0.15, 0.2) is 30.1 Å². The van der Waals surface area contributed by atoms with Gasteiger partial charge in [0.2, 0.25) is 5.83 Å². The summed E-state index contributed by atoms with van der Waals surface area (Å²) in [5, 5.41) is 0. The fourth-order valence-electron chi connectivity index (χ4n) is 4.52. The molecule has 0 radical (unpaired) electrons. The molecule has 0 spiro atoms. The molecule has 0 saturated heterocycles. The Labute approximate surface area is 178 Å². The van der Waals surface area contributed by atoms with Crippen LogP contribution >= 0.6 is 0 Å². The lowest BCUT2D eigenvalue weighted by Gasteiger charge is -2.18. The molecule has 5 heteroatoms. The molecule has 1 unspecified atom stereocenters. The maximum absolute atomic E-state index is 14.4. The van der Waals surface area contributed by atoms with Gasteiger partial charge in [-0.05, 0) is 74.1 Å². The van der Waals surface area contributed by atoms with Crippen LogP contribution in [0.4, 0.5) is 4.39 Å². The third-order valence-electron chi connectivity index (χ3n) is 6.17.